The number of halogens is 1. The molecule has 2 aliphatic heterocycles. The number of aliphatic imine (C=N–C) groups is 1. The van der Waals surface area contributed by atoms with E-state index >= 15 is 0 Å². The van der Waals surface area contributed by atoms with E-state index in [1.165, 1.54) is 28.8 Å². The highest BCUT2D eigenvalue weighted by Crippen LogP contribution is 2.34. The number of carbonyl (C=O) groups is 2. The smallest absolute Gasteiger partial charge is 0.332 e. The quantitative estimate of drug-likeness (QED) is 0.357. The van der Waals surface area contributed by atoms with E-state index in [4.69, 9.17) is 4.99 Å². The molecule has 43 heavy (non-hydrogen) atoms. The summed E-state index contributed by atoms with van der Waals surface area (Å²) in [5.41, 5.74) is 1.64. The van der Waals surface area contributed by atoms with E-state index in [2.05, 4.69) is 4.98 Å². The second-order valence-electron chi connectivity index (χ2n) is 11.4. The average molecular weight is 587 g/mol. The first-order chi connectivity index (χ1) is 20.9. The largest absolute Gasteiger partial charge is 0.343 e. The van der Waals surface area contributed by atoms with Gasteiger partial charge in [0, 0.05) is 62.4 Å². The Bertz CT molecular complexity index is 1690. The number of amides is 2. The zero-order chi connectivity index (χ0) is 30.1. The topological polar surface area (TPSA) is 110 Å². The van der Waals surface area contributed by atoms with Gasteiger partial charge in [0.2, 0.25) is 5.91 Å². The number of likely N-dealkylation sites (tertiary alicyclic amines) is 1. The number of rotatable bonds is 10. The molecule has 0 bridgehead atoms. The molecule has 0 spiro atoms. The minimum atomic E-state index is -0.430. The summed E-state index contributed by atoms with van der Waals surface area (Å²) in [6.07, 6.45) is 7.33. The first-order valence-electron chi connectivity index (χ1n) is 15.1. The normalized spacial score (nSPS) is 16.3. The fraction of sp³-hybridized carbons (Fsp3) is 0.438. The highest BCUT2D eigenvalue weighted by atomic mass is 19.1. The van der Waals surface area contributed by atoms with Crippen molar-refractivity contribution < 1.29 is 14.0 Å². The number of hydrogen-bond acceptors (Lipinski definition) is 6. The van der Waals surface area contributed by atoms with Crippen LogP contribution in [0.15, 0.2) is 57.2 Å². The summed E-state index contributed by atoms with van der Waals surface area (Å²) >= 11 is 0. The molecule has 2 amide bonds. The van der Waals surface area contributed by atoms with Gasteiger partial charge in [-0.3, -0.25) is 28.4 Å². The molecule has 11 heteroatoms. The molecular weight excluding hydrogens is 551 g/mol. The van der Waals surface area contributed by atoms with Crippen molar-refractivity contribution >= 4 is 29.2 Å². The maximum Gasteiger partial charge on any atom is 0.332 e. The summed E-state index contributed by atoms with van der Waals surface area (Å²) in [5, 5.41) is 0. The first kappa shape index (κ1) is 28.7. The molecule has 0 unspecified atom stereocenters. The maximum absolute atomic E-state index is 13.6. The number of pyridine rings is 1. The lowest BCUT2D eigenvalue weighted by Gasteiger charge is -2.28. The first-order valence-corrected chi connectivity index (χ1v) is 15.1. The molecule has 1 saturated carbocycles. The van der Waals surface area contributed by atoms with Gasteiger partial charge in [0.1, 0.15) is 17.5 Å². The molecule has 2 fully saturated rings. The molecule has 6 rings (SSSR count). The van der Waals surface area contributed by atoms with Crippen LogP contribution in [0.5, 0.6) is 0 Å². The molecular formula is C32H35FN6O4. The summed E-state index contributed by atoms with van der Waals surface area (Å²) in [5.74, 6) is 0.226. The highest BCUT2D eigenvalue weighted by Gasteiger charge is 2.33. The van der Waals surface area contributed by atoms with E-state index in [1.807, 2.05) is 17.9 Å². The van der Waals surface area contributed by atoms with Gasteiger partial charge < -0.3 is 4.90 Å². The van der Waals surface area contributed by atoms with Gasteiger partial charge in [0.25, 0.3) is 11.5 Å². The summed E-state index contributed by atoms with van der Waals surface area (Å²) in [6, 6.07) is 8.91. The van der Waals surface area contributed by atoms with Crippen LogP contribution >= 0.6 is 0 Å². The van der Waals surface area contributed by atoms with Crippen molar-refractivity contribution in [2.45, 2.75) is 70.9 Å². The van der Waals surface area contributed by atoms with E-state index < -0.39 is 5.82 Å². The van der Waals surface area contributed by atoms with E-state index in [1.54, 1.807) is 21.7 Å². The predicted molar refractivity (Wildman–Crippen MR) is 161 cm³/mol. The number of nitrogens with zero attached hydrogens (tertiary/aromatic N) is 6. The molecule has 3 aromatic rings. The second kappa shape index (κ2) is 12.1. The van der Waals surface area contributed by atoms with Crippen LogP contribution < -0.4 is 16.1 Å². The van der Waals surface area contributed by atoms with Gasteiger partial charge in [0.15, 0.2) is 0 Å². The minimum Gasteiger partial charge on any atom is -0.343 e. The van der Waals surface area contributed by atoms with Crippen LogP contribution in [-0.2, 0) is 17.8 Å². The van der Waals surface area contributed by atoms with E-state index in [-0.39, 0.29) is 29.1 Å². The van der Waals surface area contributed by atoms with E-state index in [0.717, 1.165) is 38.6 Å². The lowest BCUT2D eigenvalue weighted by atomic mass is 10.1. The van der Waals surface area contributed by atoms with Crippen LogP contribution in [0, 0.1) is 5.82 Å². The van der Waals surface area contributed by atoms with Gasteiger partial charge in [-0.25, -0.2) is 19.2 Å². The molecule has 10 nitrogen and oxygen atoms in total. The molecule has 2 aromatic heterocycles. The van der Waals surface area contributed by atoms with Crippen molar-refractivity contribution in [2.75, 3.05) is 24.5 Å². The van der Waals surface area contributed by atoms with Crippen molar-refractivity contribution in [1.82, 2.24) is 19.0 Å². The van der Waals surface area contributed by atoms with E-state index in [0.29, 0.717) is 72.9 Å². The Morgan fingerprint density at radius 2 is 1.84 bits per heavy atom. The number of piperidine rings is 1. The van der Waals surface area contributed by atoms with Gasteiger partial charge >= 0.3 is 5.69 Å². The van der Waals surface area contributed by atoms with Gasteiger partial charge in [-0.05, 0) is 74.9 Å². The number of benzene rings is 1. The second-order valence-corrected chi connectivity index (χ2v) is 11.4. The number of aromatic nitrogens is 3. The van der Waals surface area contributed by atoms with Gasteiger partial charge in [0.05, 0.1) is 11.3 Å². The Labute approximate surface area is 248 Å². The van der Waals surface area contributed by atoms with Crippen LogP contribution in [0.3, 0.4) is 0 Å². The SMILES string of the molecule is CCCn1c2c(c(=O)n(C3CC3)c1=O)CC(c1ccc(N(CCCN3CCCCC3=O)C(=O)c3ccc(F)cc3)nc1)=N2. The third kappa shape index (κ3) is 5.80. The van der Waals surface area contributed by atoms with Gasteiger partial charge in [-0.1, -0.05) is 6.92 Å². The van der Waals surface area contributed by atoms with Crippen molar-refractivity contribution in [3.63, 3.8) is 0 Å². The zero-order valence-corrected chi connectivity index (χ0v) is 24.3. The monoisotopic (exact) mass is 586 g/mol. The molecule has 0 atom stereocenters. The van der Waals surface area contributed by atoms with Crippen LogP contribution in [0.2, 0.25) is 0 Å². The molecule has 224 valence electrons. The Morgan fingerprint density at radius 1 is 1.05 bits per heavy atom. The molecule has 0 radical (unpaired) electrons. The van der Waals surface area contributed by atoms with Crippen LogP contribution in [-0.4, -0.2) is 56.2 Å². The third-order valence-corrected chi connectivity index (χ3v) is 8.31. The molecule has 3 aliphatic rings. The molecule has 0 N–H and O–H groups in total. The number of hydrogen-bond donors (Lipinski definition) is 0. The zero-order valence-electron chi connectivity index (χ0n) is 24.3. The summed E-state index contributed by atoms with van der Waals surface area (Å²) in [7, 11) is 0. The van der Waals surface area contributed by atoms with Crippen LogP contribution in [0.1, 0.15) is 79.4 Å². The fourth-order valence-electron chi connectivity index (χ4n) is 5.88. The summed E-state index contributed by atoms with van der Waals surface area (Å²) < 4.78 is 16.6. The average Bonchev–Trinajstić information content (AvgIpc) is 3.75. The lowest BCUT2D eigenvalue weighted by molar-refractivity contribution is -0.133. The molecule has 1 saturated heterocycles. The fourth-order valence-corrected chi connectivity index (χ4v) is 5.88. The summed E-state index contributed by atoms with van der Waals surface area (Å²) in [6.45, 7) is 4.04. The van der Waals surface area contributed by atoms with Gasteiger partial charge in [-0.15, -0.1) is 0 Å². The standard InChI is InChI=1S/C32H35FN6O4/c1-2-15-38-29-25(31(42)39(32(38)43)24-12-13-24)19-26(35-29)22-9-14-27(34-20-22)37(30(41)21-7-10-23(33)11-8-21)18-5-17-36-16-4-3-6-28(36)40/h7-11,14,20,24H,2-6,12-13,15-19H2,1H3. The van der Waals surface area contributed by atoms with Crippen molar-refractivity contribution in [1.29, 1.82) is 0 Å². The lowest BCUT2D eigenvalue weighted by Crippen LogP contribution is -2.40. The Hall–Kier alpha value is -4.41. The minimum absolute atomic E-state index is 0.0314. The van der Waals surface area contributed by atoms with Crippen molar-refractivity contribution in [3.8, 4) is 0 Å². The van der Waals surface area contributed by atoms with Crippen LogP contribution in [0.4, 0.5) is 16.0 Å². The third-order valence-electron chi connectivity index (χ3n) is 8.31. The number of carbonyl (C=O) groups excluding carboxylic acids is 2. The molecule has 1 aliphatic carbocycles. The predicted octanol–water partition coefficient (Wildman–Crippen LogP) is 4.02. The molecule has 4 heterocycles. The maximum atomic E-state index is 13.6. The Balaban J connectivity index is 1.26. The van der Waals surface area contributed by atoms with Crippen molar-refractivity contribution in [2.24, 2.45) is 4.99 Å². The highest BCUT2D eigenvalue weighted by molar-refractivity contribution is 6.07. The van der Waals surface area contributed by atoms with E-state index in [9.17, 15) is 23.6 Å². The van der Waals surface area contributed by atoms with Gasteiger partial charge in [-0.2, -0.15) is 0 Å². The number of anilines is 1. The Morgan fingerprint density at radius 3 is 2.51 bits per heavy atom. The summed E-state index contributed by atoms with van der Waals surface area (Å²) in [4.78, 5) is 65.0. The van der Waals surface area contributed by atoms with Crippen LogP contribution in [0.25, 0.3) is 0 Å². The molecule has 1 aromatic carbocycles. The number of fused-ring (bicyclic) bond motifs is 1. The van der Waals surface area contributed by atoms with Crippen molar-refractivity contribution in [3.05, 3.63) is 85.9 Å². The Kier molecular flexibility index (Phi) is 8.05.